The van der Waals surface area contributed by atoms with Crippen LogP contribution in [0, 0.1) is 22.7 Å². The predicted octanol–water partition coefficient (Wildman–Crippen LogP) is 5.31. The number of amides is 2. The molecule has 35 heavy (non-hydrogen) atoms. The van der Waals surface area contributed by atoms with Crippen LogP contribution in [0.1, 0.15) is 64.5 Å². The molecule has 1 heterocycles. The van der Waals surface area contributed by atoms with Crippen molar-refractivity contribution in [1.82, 2.24) is 9.80 Å². The second kappa shape index (κ2) is 10.1. The third-order valence-electron chi connectivity index (χ3n) is 6.93. The van der Waals surface area contributed by atoms with Gasteiger partial charge in [0.25, 0.3) is 0 Å². The molecule has 2 amide bonds. The van der Waals surface area contributed by atoms with E-state index < -0.39 is 35.2 Å². The highest BCUT2D eigenvalue weighted by Gasteiger charge is 2.53. The van der Waals surface area contributed by atoms with E-state index in [4.69, 9.17) is 4.74 Å². The lowest BCUT2D eigenvalue weighted by molar-refractivity contribution is -0.188. The van der Waals surface area contributed by atoms with Gasteiger partial charge in [0.1, 0.15) is 5.60 Å². The fourth-order valence-electron chi connectivity index (χ4n) is 4.98. The Hall–Kier alpha value is -2.76. The van der Waals surface area contributed by atoms with Crippen LogP contribution in [0.4, 0.5) is 18.0 Å². The molecule has 1 aromatic carbocycles. The topological polar surface area (TPSA) is 73.6 Å². The molecule has 9 heteroatoms. The average Bonchev–Trinajstić information content (AvgIpc) is 3.55. The predicted molar refractivity (Wildman–Crippen MR) is 124 cm³/mol. The molecular formula is C26H34F3N3O3. The summed E-state index contributed by atoms with van der Waals surface area (Å²) in [5.41, 5.74) is -0.00764. The van der Waals surface area contributed by atoms with Gasteiger partial charge in [0.2, 0.25) is 0 Å². The Kier molecular flexibility index (Phi) is 7.73. The quantitative estimate of drug-likeness (QED) is 0.539. The number of ether oxygens (including phenoxy) is 1. The number of carbonyl (C=O) groups excluding carboxylic acids is 2. The summed E-state index contributed by atoms with van der Waals surface area (Å²) in [4.78, 5) is 27.7. The van der Waals surface area contributed by atoms with E-state index in [1.807, 2.05) is 13.0 Å². The highest BCUT2D eigenvalue weighted by atomic mass is 19.4. The molecule has 0 spiro atoms. The Morgan fingerprint density at radius 2 is 1.89 bits per heavy atom. The zero-order valence-corrected chi connectivity index (χ0v) is 20.8. The summed E-state index contributed by atoms with van der Waals surface area (Å²) >= 11 is 0. The lowest BCUT2D eigenvalue weighted by Gasteiger charge is -2.45. The number of nitriles is 1. The maximum atomic E-state index is 13.6. The van der Waals surface area contributed by atoms with Gasteiger partial charge < -0.3 is 14.5 Å². The number of likely N-dealkylation sites (tertiary alicyclic amines) is 1. The molecule has 1 aromatic rings. The SMILES string of the molecule is CCC1C[C@H]1N(CC1(Cc2cccc(C#N)c2)CCN(C(=O)OC(C)(C)C)CC1)C(=O)C(F)(F)F. The number of halogens is 3. The van der Waals surface area contributed by atoms with Crippen LogP contribution in [0.5, 0.6) is 0 Å². The summed E-state index contributed by atoms with van der Waals surface area (Å²) in [5.74, 6) is -1.72. The molecule has 1 aliphatic carbocycles. The number of hydrogen-bond acceptors (Lipinski definition) is 4. The number of benzene rings is 1. The van der Waals surface area contributed by atoms with E-state index in [9.17, 15) is 28.0 Å². The molecule has 1 saturated carbocycles. The van der Waals surface area contributed by atoms with Crippen molar-refractivity contribution in [3.8, 4) is 6.07 Å². The van der Waals surface area contributed by atoms with Gasteiger partial charge in [-0.3, -0.25) is 4.79 Å². The fourth-order valence-corrected chi connectivity index (χ4v) is 4.98. The van der Waals surface area contributed by atoms with Crippen molar-refractivity contribution in [3.05, 3.63) is 35.4 Å². The second-order valence-electron chi connectivity index (χ2n) is 10.9. The van der Waals surface area contributed by atoms with Crippen molar-refractivity contribution in [1.29, 1.82) is 5.26 Å². The molecule has 0 radical (unpaired) electrons. The van der Waals surface area contributed by atoms with Gasteiger partial charge in [-0.05, 0) is 75.5 Å². The van der Waals surface area contributed by atoms with Gasteiger partial charge in [-0.15, -0.1) is 0 Å². The third kappa shape index (κ3) is 6.89. The molecule has 0 N–H and O–H groups in total. The van der Waals surface area contributed by atoms with Crippen LogP contribution in [-0.2, 0) is 16.0 Å². The number of carbonyl (C=O) groups is 2. The molecule has 1 unspecified atom stereocenters. The van der Waals surface area contributed by atoms with Gasteiger partial charge >= 0.3 is 18.2 Å². The first-order chi connectivity index (χ1) is 16.3. The molecule has 3 rings (SSSR count). The Labute approximate surface area is 205 Å². The summed E-state index contributed by atoms with van der Waals surface area (Å²) in [6, 6.07) is 8.71. The van der Waals surface area contributed by atoms with Crippen LogP contribution >= 0.6 is 0 Å². The smallest absolute Gasteiger partial charge is 0.444 e. The van der Waals surface area contributed by atoms with Crippen LogP contribution in [-0.4, -0.2) is 59.3 Å². The Morgan fingerprint density at radius 3 is 2.40 bits per heavy atom. The molecule has 192 valence electrons. The first-order valence-corrected chi connectivity index (χ1v) is 12.1. The van der Waals surface area contributed by atoms with E-state index in [2.05, 4.69) is 6.07 Å². The maximum Gasteiger partial charge on any atom is 0.471 e. The van der Waals surface area contributed by atoms with Crippen LogP contribution in [0.15, 0.2) is 24.3 Å². The Balaban J connectivity index is 1.87. The second-order valence-corrected chi connectivity index (χ2v) is 10.9. The summed E-state index contributed by atoms with van der Waals surface area (Å²) in [6.45, 7) is 7.87. The van der Waals surface area contributed by atoms with Gasteiger partial charge in [-0.1, -0.05) is 25.5 Å². The van der Waals surface area contributed by atoms with Crippen molar-refractivity contribution in [3.63, 3.8) is 0 Å². The molecule has 2 aliphatic rings. The zero-order chi connectivity index (χ0) is 26.0. The van der Waals surface area contributed by atoms with E-state index in [0.717, 1.165) is 16.9 Å². The van der Waals surface area contributed by atoms with Crippen LogP contribution in [0.3, 0.4) is 0 Å². The van der Waals surface area contributed by atoms with E-state index in [1.54, 1.807) is 43.9 Å². The molecule has 6 nitrogen and oxygen atoms in total. The molecule has 1 saturated heterocycles. The summed E-state index contributed by atoms with van der Waals surface area (Å²) in [5, 5.41) is 9.28. The van der Waals surface area contributed by atoms with E-state index >= 15 is 0 Å². The summed E-state index contributed by atoms with van der Waals surface area (Å²) in [6.07, 6.45) is -2.84. The van der Waals surface area contributed by atoms with Gasteiger partial charge in [0.05, 0.1) is 11.6 Å². The van der Waals surface area contributed by atoms with Crippen molar-refractivity contribution in [2.24, 2.45) is 11.3 Å². The van der Waals surface area contributed by atoms with E-state index in [-0.39, 0.29) is 12.5 Å². The number of piperidine rings is 1. The lowest BCUT2D eigenvalue weighted by atomic mass is 9.73. The molecule has 0 aromatic heterocycles. The normalized spacial score (nSPS) is 21.7. The molecule has 1 aliphatic heterocycles. The number of rotatable bonds is 6. The highest BCUT2D eigenvalue weighted by molar-refractivity contribution is 5.82. The molecule has 0 bridgehead atoms. The molecular weight excluding hydrogens is 459 g/mol. The number of nitrogens with zero attached hydrogens (tertiary/aromatic N) is 3. The fraction of sp³-hybridized carbons (Fsp3) is 0.654. The van der Waals surface area contributed by atoms with Gasteiger partial charge in [0, 0.05) is 25.7 Å². The third-order valence-corrected chi connectivity index (χ3v) is 6.93. The van der Waals surface area contributed by atoms with E-state index in [0.29, 0.717) is 44.3 Å². The van der Waals surface area contributed by atoms with Crippen molar-refractivity contribution < 1.29 is 27.5 Å². The zero-order valence-electron chi connectivity index (χ0n) is 20.8. The maximum absolute atomic E-state index is 13.6. The lowest BCUT2D eigenvalue weighted by Crippen LogP contribution is -2.53. The van der Waals surface area contributed by atoms with Crippen molar-refractivity contribution in [2.75, 3.05) is 19.6 Å². The average molecular weight is 494 g/mol. The monoisotopic (exact) mass is 493 g/mol. The van der Waals surface area contributed by atoms with Gasteiger partial charge in [-0.25, -0.2) is 4.79 Å². The minimum absolute atomic E-state index is 0.0363. The standard InChI is InChI=1S/C26H34F3N3O3/c1-5-20-14-21(20)32(22(33)26(27,28)29)17-25(15-18-7-6-8-19(13-18)16-30)9-11-31(12-10-25)23(34)35-24(2,3)4/h6-8,13,20-21H,5,9-12,14-15,17H2,1-4H3/t20?,21-/m1/s1. The van der Waals surface area contributed by atoms with Gasteiger partial charge in [0.15, 0.2) is 0 Å². The molecule has 2 atom stereocenters. The largest absolute Gasteiger partial charge is 0.471 e. The highest BCUT2D eigenvalue weighted by Crippen LogP contribution is 2.44. The molecule has 2 fully saturated rings. The van der Waals surface area contributed by atoms with Crippen molar-refractivity contribution in [2.45, 2.75) is 77.6 Å². The van der Waals surface area contributed by atoms with Crippen LogP contribution < -0.4 is 0 Å². The Bertz CT molecular complexity index is 973. The van der Waals surface area contributed by atoms with E-state index in [1.165, 1.54) is 0 Å². The van der Waals surface area contributed by atoms with Crippen LogP contribution in [0.25, 0.3) is 0 Å². The summed E-state index contributed by atoms with van der Waals surface area (Å²) < 4.78 is 46.1. The first kappa shape index (κ1) is 26.8. The minimum atomic E-state index is -4.94. The number of alkyl halides is 3. The minimum Gasteiger partial charge on any atom is -0.444 e. The number of hydrogen-bond donors (Lipinski definition) is 0. The van der Waals surface area contributed by atoms with Crippen LogP contribution in [0.2, 0.25) is 0 Å². The summed E-state index contributed by atoms with van der Waals surface area (Å²) in [7, 11) is 0. The Morgan fingerprint density at radius 1 is 1.23 bits per heavy atom. The van der Waals surface area contributed by atoms with Crippen molar-refractivity contribution >= 4 is 12.0 Å². The van der Waals surface area contributed by atoms with Gasteiger partial charge in [-0.2, -0.15) is 18.4 Å². The first-order valence-electron chi connectivity index (χ1n) is 12.1.